The quantitative estimate of drug-likeness (QED) is 0.633. The van der Waals surface area contributed by atoms with Gasteiger partial charge in [-0.3, -0.25) is 4.79 Å². The number of ether oxygens (including phenoxy) is 1. The van der Waals surface area contributed by atoms with Crippen molar-refractivity contribution >= 4 is 11.9 Å². The van der Waals surface area contributed by atoms with Crippen LogP contribution >= 0.6 is 0 Å². The van der Waals surface area contributed by atoms with Crippen LogP contribution in [0, 0.1) is 11.3 Å². The number of rotatable bonds is 6. The average molecular weight is 414 g/mol. The second kappa shape index (κ2) is 9.22. The van der Waals surface area contributed by atoms with Crippen LogP contribution in [0.1, 0.15) is 41.6 Å². The fourth-order valence-corrected chi connectivity index (χ4v) is 3.67. The maximum absolute atomic E-state index is 11.5. The van der Waals surface area contributed by atoms with E-state index in [1.807, 2.05) is 24.3 Å². The van der Waals surface area contributed by atoms with Crippen LogP contribution in [0.5, 0.6) is 5.88 Å². The number of hydrogen-bond acceptors (Lipinski definition) is 7. The molecule has 156 valence electrons. The molecule has 1 saturated carbocycles. The van der Waals surface area contributed by atoms with Gasteiger partial charge in [0.25, 0.3) is 5.91 Å². The minimum Gasteiger partial charge on any atom is -0.474 e. The molecule has 0 unspecified atom stereocenters. The van der Waals surface area contributed by atoms with Gasteiger partial charge < -0.3 is 15.8 Å². The molecule has 0 atom stereocenters. The highest BCUT2D eigenvalue weighted by Gasteiger charge is 2.24. The number of nitrogens with zero attached hydrogens (tertiary/aromatic N) is 4. The number of amides is 1. The van der Waals surface area contributed by atoms with Gasteiger partial charge in [-0.25, -0.2) is 15.0 Å². The number of nitrogens with two attached hydrogens (primary N) is 1. The van der Waals surface area contributed by atoms with Gasteiger partial charge in [0.15, 0.2) is 0 Å². The van der Waals surface area contributed by atoms with Gasteiger partial charge in [0.05, 0.1) is 17.3 Å². The molecule has 3 N–H and O–H groups in total. The number of pyridine rings is 1. The molecule has 1 aliphatic rings. The number of carbonyl (C=O) groups is 1. The van der Waals surface area contributed by atoms with Gasteiger partial charge in [0.1, 0.15) is 11.7 Å². The van der Waals surface area contributed by atoms with Crippen molar-refractivity contribution < 1.29 is 9.53 Å². The van der Waals surface area contributed by atoms with Gasteiger partial charge in [-0.2, -0.15) is 5.26 Å². The number of hydrogen-bond donors (Lipinski definition) is 2. The van der Waals surface area contributed by atoms with Crippen molar-refractivity contribution in [1.82, 2.24) is 15.0 Å². The first kappa shape index (κ1) is 20.3. The van der Waals surface area contributed by atoms with Crippen LogP contribution < -0.4 is 15.8 Å². The summed E-state index contributed by atoms with van der Waals surface area (Å²) in [5.41, 5.74) is 7.93. The van der Waals surface area contributed by atoms with Crippen LogP contribution in [0.25, 0.3) is 11.3 Å². The summed E-state index contributed by atoms with van der Waals surface area (Å²) in [6, 6.07) is 14.8. The topological polar surface area (TPSA) is 127 Å². The summed E-state index contributed by atoms with van der Waals surface area (Å²) < 4.78 is 5.95. The summed E-state index contributed by atoms with van der Waals surface area (Å²) in [6.07, 6.45) is 6.66. The standard InChI is InChI=1S/C23H22N6O2/c24-14-15-3-1-4-16(13-15)20-10-12-27-23(29-20)28-17-6-8-18(9-7-17)31-22-19(21(25)30)5-2-11-26-22/h1-5,10-13,17-18H,6-9H2,(H2,25,30)(H,27,28,29). The molecule has 0 bridgehead atoms. The van der Waals surface area contributed by atoms with Crippen molar-refractivity contribution in [1.29, 1.82) is 5.26 Å². The molecular weight excluding hydrogens is 392 g/mol. The Labute approximate surface area is 180 Å². The molecule has 1 amide bonds. The number of aromatic nitrogens is 3. The van der Waals surface area contributed by atoms with E-state index in [-0.39, 0.29) is 12.1 Å². The van der Waals surface area contributed by atoms with Crippen molar-refractivity contribution in [3.8, 4) is 23.2 Å². The van der Waals surface area contributed by atoms with E-state index >= 15 is 0 Å². The van der Waals surface area contributed by atoms with Crippen LogP contribution in [-0.4, -0.2) is 33.0 Å². The van der Waals surface area contributed by atoms with Gasteiger partial charge in [-0.15, -0.1) is 0 Å². The van der Waals surface area contributed by atoms with Crippen molar-refractivity contribution in [2.24, 2.45) is 5.73 Å². The van der Waals surface area contributed by atoms with Gasteiger partial charge >= 0.3 is 0 Å². The molecule has 3 aromatic rings. The van der Waals surface area contributed by atoms with Gasteiger partial charge in [0, 0.05) is 24.0 Å². The molecule has 0 aliphatic heterocycles. The highest BCUT2D eigenvalue weighted by molar-refractivity contribution is 5.94. The lowest BCUT2D eigenvalue weighted by atomic mass is 9.93. The van der Waals surface area contributed by atoms with Gasteiger partial charge in [-0.05, 0) is 56.0 Å². The molecule has 8 heteroatoms. The summed E-state index contributed by atoms with van der Waals surface area (Å²) in [6.45, 7) is 0. The molecular formula is C23H22N6O2. The van der Waals surface area contributed by atoms with Gasteiger partial charge in [-0.1, -0.05) is 12.1 Å². The van der Waals surface area contributed by atoms with Crippen molar-refractivity contribution in [3.05, 3.63) is 66.0 Å². The predicted octanol–water partition coefficient (Wildman–Crippen LogP) is 3.31. The lowest BCUT2D eigenvalue weighted by molar-refractivity contribution is 0.0983. The zero-order chi connectivity index (χ0) is 21.6. The Kier molecular flexibility index (Phi) is 6.03. The first-order valence-electron chi connectivity index (χ1n) is 10.1. The first-order valence-corrected chi connectivity index (χ1v) is 10.1. The van der Waals surface area contributed by atoms with Crippen LogP contribution in [0.4, 0.5) is 5.95 Å². The zero-order valence-electron chi connectivity index (χ0n) is 16.9. The van der Waals surface area contributed by atoms with Crippen LogP contribution in [0.15, 0.2) is 54.9 Å². The van der Waals surface area contributed by atoms with E-state index in [1.54, 1.807) is 30.6 Å². The maximum atomic E-state index is 11.5. The predicted molar refractivity (Wildman–Crippen MR) is 115 cm³/mol. The normalized spacial score (nSPS) is 18.0. The molecule has 0 radical (unpaired) electrons. The lowest BCUT2D eigenvalue weighted by Gasteiger charge is -2.29. The van der Waals surface area contributed by atoms with Crippen LogP contribution in [-0.2, 0) is 0 Å². The molecule has 31 heavy (non-hydrogen) atoms. The molecule has 1 fully saturated rings. The Morgan fingerprint density at radius 1 is 1.10 bits per heavy atom. The smallest absolute Gasteiger partial charge is 0.254 e. The SMILES string of the molecule is N#Cc1cccc(-c2ccnc(NC3CCC(Oc4ncccc4C(N)=O)CC3)n2)c1. The largest absolute Gasteiger partial charge is 0.474 e. The first-order chi connectivity index (χ1) is 15.1. The minimum atomic E-state index is -0.546. The summed E-state index contributed by atoms with van der Waals surface area (Å²) in [5, 5.41) is 12.5. The third kappa shape index (κ3) is 4.95. The lowest BCUT2D eigenvalue weighted by Crippen LogP contribution is -2.32. The van der Waals surface area contributed by atoms with Crippen molar-refractivity contribution in [2.45, 2.75) is 37.8 Å². The fourth-order valence-electron chi connectivity index (χ4n) is 3.67. The molecule has 8 nitrogen and oxygen atoms in total. The Morgan fingerprint density at radius 3 is 2.71 bits per heavy atom. The second-order valence-electron chi connectivity index (χ2n) is 7.41. The van der Waals surface area contributed by atoms with E-state index in [1.165, 1.54) is 0 Å². The number of anilines is 1. The van der Waals surface area contributed by atoms with E-state index in [4.69, 9.17) is 15.7 Å². The monoisotopic (exact) mass is 414 g/mol. The number of nitrogens with one attached hydrogen (secondary N) is 1. The summed E-state index contributed by atoms with van der Waals surface area (Å²) in [5.74, 6) is 0.308. The molecule has 1 aromatic carbocycles. The summed E-state index contributed by atoms with van der Waals surface area (Å²) in [4.78, 5) is 24.6. The van der Waals surface area contributed by atoms with Crippen LogP contribution in [0.3, 0.4) is 0 Å². The molecule has 1 aliphatic carbocycles. The van der Waals surface area contributed by atoms with E-state index in [0.29, 0.717) is 23.0 Å². The maximum Gasteiger partial charge on any atom is 0.254 e. The highest BCUT2D eigenvalue weighted by atomic mass is 16.5. The Hall–Kier alpha value is -3.99. The number of carbonyl (C=O) groups excluding carboxylic acids is 1. The summed E-state index contributed by atoms with van der Waals surface area (Å²) >= 11 is 0. The molecule has 0 saturated heterocycles. The Morgan fingerprint density at radius 2 is 1.94 bits per heavy atom. The summed E-state index contributed by atoms with van der Waals surface area (Å²) in [7, 11) is 0. The van der Waals surface area contributed by atoms with Crippen molar-refractivity contribution in [3.63, 3.8) is 0 Å². The minimum absolute atomic E-state index is 0.0213. The molecule has 2 aromatic heterocycles. The van der Waals surface area contributed by atoms with Gasteiger partial charge in [0.2, 0.25) is 11.8 Å². The second-order valence-corrected chi connectivity index (χ2v) is 7.41. The number of benzene rings is 1. The number of nitriles is 1. The zero-order valence-corrected chi connectivity index (χ0v) is 16.9. The Balaban J connectivity index is 1.36. The third-order valence-electron chi connectivity index (χ3n) is 5.27. The van der Waals surface area contributed by atoms with Crippen LogP contribution in [0.2, 0.25) is 0 Å². The average Bonchev–Trinajstić information content (AvgIpc) is 2.81. The third-order valence-corrected chi connectivity index (χ3v) is 5.27. The number of primary amides is 1. The fraction of sp³-hybridized carbons (Fsp3) is 0.261. The molecule has 4 rings (SSSR count). The molecule has 0 spiro atoms. The van der Waals surface area contributed by atoms with E-state index < -0.39 is 5.91 Å². The van der Waals surface area contributed by atoms with Crippen molar-refractivity contribution in [2.75, 3.05) is 5.32 Å². The van der Waals surface area contributed by atoms with E-state index in [2.05, 4.69) is 26.3 Å². The molecule has 2 heterocycles. The highest BCUT2D eigenvalue weighted by Crippen LogP contribution is 2.26. The Bertz CT molecular complexity index is 1120. The van der Waals surface area contributed by atoms with E-state index in [0.717, 1.165) is 36.9 Å². The van der Waals surface area contributed by atoms with E-state index in [9.17, 15) is 4.79 Å².